The van der Waals surface area contributed by atoms with Crippen LogP contribution >= 0.6 is 23.2 Å². The molecule has 0 bridgehead atoms. The predicted octanol–water partition coefficient (Wildman–Crippen LogP) is 3.87. The number of alkyl halides is 4. The average molecular weight is 354 g/mol. The molecule has 0 saturated carbocycles. The Labute approximate surface area is 138 Å². The van der Waals surface area contributed by atoms with Gasteiger partial charge in [0.1, 0.15) is 0 Å². The van der Waals surface area contributed by atoms with Gasteiger partial charge in [-0.1, -0.05) is 12.1 Å². The van der Waals surface area contributed by atoms with Gasteiger partial charge in [-0.05, 0) is 24.1 Å². The SMILES string of the molecule is O=C(O)CC(Cc1ccc(N(CCCl)CCCl)cc1)C(F)F. The van der Waals surface area contributed by atoms with Crippen molar-refractivity contribution >= 4 is 34.9 Å². The van der Waals surface area contributed by atoms with Crippen molar-refractivity contribution in [2.24, 2.45) is 5.92 Å². The van der Waals surface area contributed by atoms with Crippen molar-refractivity contribution < 1.29 is 18.7 Å². The van der Waals surface area contributed by atoms with Crippen molar-refractivity contribution in [2.45, 2.75) is 19.3 Å². The summed E-state index contributed by atoms with van der Waals surface area (Å²) >= 11 is 11.5. The average Bonchev–Trinajstić information content (AvgIpc) is 2.46. The van der Waals surface area contributed by atoms with E-state index in [0.29, 0.717) is 30.4 Å². The van der Waals surface area contributed by atoms with Crippen molar-refractivity contribution in [1.82, 2.24) is 0 Å². The van der Waals surface area contributed by atoms with Crippen LogP contribution in [0, 0.1) is 5.92 Å². The summed E-state index contributed by atoms with van der Waals surface area (Å²) in [6, 6.07) is 7.11. The molecule has 0 saturated heterocycles. The summed E-state index contributed by atoms with van der Waals surface area (Å²) in [4.78, 5) is 12.6. The highest BCUT2D eigenvalue weighted by Gasteiger charge is 2.23. The lowest BCUT2D eigenvalue weighted by molar-refractivity contribution is -0.139. The molecular weight excluding hydrogens is 335 g/mol. The zero-order valence-corrected chi connectivity index (χ0v) is 13.5. The van der Waals surface area contributed by atoms with Gasteiger partial charge in [-0.15, -0.1) is 23.2 Å². The van der Waals surface area contributed by atoms with Crippen LogP contribution in [0.25, 0.3) is 0 Å². The number of rotatable bonds is 10. The number of aliphatic carboxylic acids is 1. The standard InChI is InChI=1S/C15H19Cl2F2NO2/c16-5-7-20(8-6-17)13-3-1-11(2-4-13)9-12(15(18)19)10-14(21)22/h1-4,12,15H,5-10H2,(H,21,22). The Hall–Kier alpha value is -1.07. The lowest BCUT2D eigenvalue weighted by Crippen LogP contribution is -2.27. The minimum Gasteiger partial charge on any atom is -0.481 e. The van der Waals surface area contributed by atoms with E-state index in [9.17, 15) is 13.6 Å². The third-order valence-corrected chi connectivity index (χ3v) is 3.64. The summed E-state index contributed by atoms with van der Waals surface area (Å²) < 4.78 is 25.7. The first-order valence-electron chi connectivity index (χ1n) is 6.93. The fraction of sp³-hybridized carbons (Fsp3) is 0.533. The lowest BCUT2D eigenvalue weighted by Gasteiger charge is -2.23. The maximum atomic E-state index is 12.9. The zero-order chi connectivity index (χ0) is 16.5. The van der Waals surface area contributed by atoms with Crippen LogP contribution in [0.1, 0.15) is 12.0 Å². The van der Waals surface area contributed by atoms with E-state index in [2.05, 4.69) is 0 Å². The molecule has 22 heavy (non-hydrogen) atoms. The Bertz CT molecular complexity index is 451. The number of halogens is 4. The zero-order valence-electron chi connectivity index (χ0n) is 12.0. The van der Waals surface area contributed by atoms with E-state index >= 15 is 0 Å². The minimum atomic E-state index is -2.65. The predicted molar refractivity (Wildman–Crippen MR) is 85.5 cm³/mol. The molecule has 1 rings (SSSR count). The van der Waals surface area contributed by atoms with Crippen LogP contribution in [0.15, 0.2) is 24.3 Å². The van der Waals surface area contributed by atoms with E-state index in [0.717, 1.165) is 5.69 Å². The Morgan fingerprint density at radius 3 is 2.09 bits per heavy atom. The van der Waals surface area contributed by atoms with Gasteiger partial charge >= 0.3 is 5.97 Å². The second-order valence-corrected chi connectivity index (χ2v) is 5.68. The van der Waals surface area contributed by atoms with Gasteiger partial charge in [-0.2, -0.15) is 0 Å². The molecule has 1 aromatic carbocycles. The van der Waals surface area contributed by atoms with Crippen molar-refractivity contribution in [3.8, 4) is 0 Å². The summed E-state index contributed by atoms with van der Waals surface area (Å²) in [5, 5.41) is 8.68. The number of carboxylic acids is 1. The Morgan fingerprint density at radius 2 is 1.68 bits per heavy atom. The number of carbonyl (C=O) groups is 1. The molecule has 0 radical (unpaired) electrons. The first kappa shape index (κ1) is 19.0. The van der Waals surface area contributed by atoms with Crippen LogP contribution in [0.5, 0.6) is 0 Å². The third kappa shape index (κ3) is 6.36. The minimum absolute atomic E-state index is 0.0370. The molecule has 0 amide bonds. The molecule has 0 aliphatic heterocycles. The van der Waals surface area contributed by atoms with Gasteiger partial charge in [-0.3, -0.25) is 4.79 Å². The summed E-state index contributed by atoms with van der Waals surface area (Å²) in [5.74, 6) is -1.46. The second-order valence-electron chi connectivity index (χ2n) is 4.93. The molecule has 0 aromatic heterocycles. The molecule has 0 aliphatic rings. The van der Waals surface area contributed by atoms with E-state index in [4.69, 9.17) is 28.3 Å². The molecule has 1 aromatic rings. The Kier molecular flexibility index (Phi) is 8.49. The van der Waals surface area contributed by atoms with Crippen LogP contribution in [0.2, 0.25) is 0 Å². The van der Waals surface area contributed by atoms with E-state index < -0.39 is 24.7 Å². The largest absolute Gasteiger partial charge is 0.481 e. The van der Waals surface area contributed by atoms with Crippen molar-refractivity contribution in [3.05, 3.63) is 29.8 Å². The molecule has 0 aliphatic carbocycles. The van der Waals surface area contributed by atoms with Crippen LogP contribution < -0.4 is 4.90 Å². The van der Waals surface area contributed by atoms with Crippen molar-refractivity contribution in [3.63, 3.8) is 0 Å². The van der Waals surface area contributed by atoms with Gasteiger partial charge in [0.05, 0.1) is 6.42 Å². The van der Waals surface area contributed by atoms with Gasteiger partial charge in [0.2, 0.25) is 6.43 Å². The smallest absolute Gasteiger partial charge is 0.303 e. The maximum Gasteiger partial charge on any atom is 0.303 e. The highest BCUT2D eigenvalue weighted by atomic mass is 35.5. The van der Waals surface area contributed by atoms with E-state index in [1.165, 1.54) is 0 Å². The van der Waals surface area contributed by atoms with Gasteiger partial charge in [0.15, 0.2) is 0 Å². The fourth-order valence-electron chi connectivity index (χ4n) is 2.19. The maximum absolute atomic E-state index is 12.9. The normalized spacial score (nSPS) is 12.4. The number of hydrogen-bond acceptors (Lipinski definition) is 2. The first-order valence-corrected chi connectivity index (χ1v) is 8.00. The Morgan fingerprint density at radius 1 is 1.14 bits per heavy atom. The van der Waals surface area contributed by atoms with Crippen LogP contribution in [-0.4, -0.2) is 42.4 Å². The summed E-state index contributed by atoms with van der Waals surface area (Å²) in [5.41, 5.74) is 1.60. The second kappa shape index (κ2) is 9.85. The van der Waals surface area contributed by atoms with E-state index in [1.807, 2.05) is 17.0 Å². The Balaban J connectivity index is 2.75. The van der Waals surface area contributed by atoms with Crippen molar-refractivity contribution in [1.29, 1.82) is 0 Å². The van der Waals surface area contributed by atoms with Gasteiger partial charge in [-0.25, -0.2) is 8.78 Å². The summed E-state index contributed by atoms with van der Waals surface area (Å²) in [6.45, 7) is 1.29. The fourth-order valence-corrected chi connectivity index (χ4v) is 2.60. The molecule has 1 N–H and O–H groups in total. The third-order valence-electron chi connectivity index (χ3n) is 3.30. The molecule has 0 spiro atoms. The van der Waals surface area contributed by atoms with Crippen molar-refractivity contribution in [2.75, 3.05) is 29.7 Å². The highest BCUT2D eigenvalue weighted by Crippen LogP contribution is 2.22. The topological polar surface area (TPSA) is 40.5 Å². The van der Waals surface area contributed by atoms with E-state index in [1.54, 1.807) is 12.1 Å². The number of hydrogen-bond donors (Lipinski definition) is 1. The lowest BCUT2D eigenvalue weighted by atomic mass is 9.96. The number of benzene rings is 1. The monoisotopic (exact) mass is 353 g/mol. The first-order chi connectivity index (χ1) is 10.5. The number of carboxylic acid groups (broad SMARTS) is 1. The molecule has 0 heterocycles. The number of anilines is 1. The summed E-state index contributed by atoms with van der Waals surface area (Å²) in [6.07, 6.45) is -3.15. The molecule has 0 fully saturated rings. The van der Waals surface area contributed by atoms with Gasteiger partial charge in [0.25, 0.3) is 0 Å². The van der Waals surface area contributed by atoms with Gasteiger partial charge < -0.3 is 10.0 Å². The van der Waals surface area contributed by atoms with Crippen LogP contribution in [0.3, 0.4) is 0 Å². The van der Waals surface area contributed by atoms with E-state index in [-0.39, 0.29) is 6.42 Å². The van der Waals surface area contributed by atoms with Crippen LogP contribution in [0.4, 0.5) is 14.5 Å². The van der Waals surface area contributed by atoms with Gasteiger partial charge in [0, 0.05) is 36.5 Å². The quantitative estimate of drug-likeness (QED) is 0.649. The molecule has 1 unspecified atom stereocenters. The molecular formula is C15H19Cl2F2NO2. The van der Waals surface area contributed by atoms with Crippen LogP contribution in [-0.2, 0) is 11.2 Å². The molecule has 7 heteroatoms. The molecule has 124 valence electrons. The molecule has 3 nitrogen and oxygen atoms in total. The summed E-state index contributed by atoms with van der Waals surface area (Å²) in [7, 11) is 0. The highest BCUT2D eigenvalue weighted by molar-refractivity contribution is 6.18. The molecule has 1 atom stereocenters. The number of nitrogens with zero attached hydrogens (tertiary/aromatic N) is 1.